The second-order valence-electron chi connectivity index (χ2n) is 8.70. The molecule has 0 aliphatic carbocycles. The highest BCUT2D eigenvalue weighted by Gasteiger charge is 2.30. The Morgan fingerprint density at radius 2 is 1.60 bits per heavy atom. The van der Waals surface area contributed by atoms with Crippen LogP contribution in [0.4, 0.5) is 11.4 Å². The van der Waals surface area contributed by atoms with Crippen LogP contribution in [0.15, 0.2) is 95.9 Å². The lowest BCUT2D eigenvalue weighted by Crippen LogP contribution is -2.38. The van der Waals surface area contributed by atoms with Crippen LogP contribution in [0, 0.1) is 6.92 Å². The molecule has 8 nitrogen and oxygen atoms in total. The van der Waals surface area contributed by atoms with Crippen molar-refractivity contribution in [3.8, 4) is 23.0 Å². The molecule has 208 valence electrons. The second-order valence-corrected chi connectivity index (χ2v) is 11.0. The zero-order valence-electron chi connectivity index (χ0n) is 22.3. The number of nitrogens with zero attached hydrogens (tertiary/aromatic N) is 1. The second kappa shape index (κ2) is 12.8. The number of sulfonamides is 1. The number of hydrogen-bond acceptors (Lipinski definition) is 6. The van der Waals surface area contributed by atoms with E-state index in [2.05, 4.69) is 5.32 Å². The van der Waals surface area contributed by atoms with E-state index < -0.39 is 22.5 Å². The van der Waals surface area contributed by atoms with Crippen LogP contribution in [0.5, 0.6) is 23.0 Å². The molecule has 4 rings (SSSR count). The van der Waals surface area contributed by atoms with Gasteiger partial charge in [-0.05, 0) is 86.1 Å². The molecular formula is C30H29ClN2O6S. The van der Waals surface area contributed by atoms with Gasteiger partial charge in [0.1, 0.15) is 28.7 Å². The van der Waals surface area contributed by atoms with Gasteiger partial charge in [-0.1, -0.05) is 35.9 Å². The molecule has 0 saturated carbocycles. The van der Waals surface area contributed by atoms with Crippen molar-refractivity contribution in [2.24, 2.45) is 0 Å². The van der Waals surface area contributed by atoms with Gasteiger partial charge in [-0.25, -0.2) is 8.42 Å². The minimum absolute atomic E-state index is 0.0625. The highest BCUT2D eigenvalue weighted by atomic mass is 35.5. The summed E-state index contributed by atoms with van der Waals surface area (Å²) in [6.07, 6.45) is 0. The number of nitrogens with one attached hydrogen (secondary N) is 1. The van der Waals surface area contributed by atoms with Gasteiger partial charge in [0.15, 0.2) is 5.75 Å². The minimum Gasteiger partial charge on any atom is -0.495 e. The first-order valence-electron chi connectivity index (χ1n) is 12.4. The van der Waals surface area contributed by atoms with E-state index in [-0.39, 0.29) is 16.3 Å². The molecular weight excluding hydrogens is 552 g/mol. The molecule has 0 heterocycles. The Kier molecular flexibility index (Phi) is 9.19. The van der Waals surface area contributed by atoms with Crippen molar-refractivity contribution in [2.45, 2.75) is 18.7 Å². The van der Waals surface area contributed by atoms with E-state index in [1.165, 1.54) is 19.2 Å². The monoisotopic (exact) mass is 580 g/mol. The predicted octanol–water partition coefficient (Wildman–Crippen LogP) is 6.68. The number of methoxy groups -OCH3 is 1. The van der Waals surface area contributed by atoms with Crippen LogP contribution >= 0.6 is 11.6 Å². The number of para-hydroxylation sites is 1. The van der Waals surface area contributed by atoms with E-state index in [0.29, 0.717) is 34.6 Å². The molecule has 0 bridgehead atoms. The zero-order valence-corrected chi connectivity index (χ0v) is 23.8. The van der Waals surface area contributed by atoms with Crippen LogP contribution in [-0.4, -0.2) is 34.6 Å². The number of rotatable bonds is 11. The number of amides is 1. The van der Waals surface area contributed by atoms with Crippen molar-refractivity contribution in [3.63, 3.8) is 0 Å². The summed E-state index contributed by atoms with van der Waals surface area (Å²) in [5, 5.41) is 3.13. The van der Waals surface area contributed by atoms with Gasteiger partial charge in [0, 0.05) is 5.02 Å². The zero-order chi connectivity index (χ0) is 28.7. The molecule has 4 aromatic carbocycles. The normalized spacial score (nSPS) is 11.0. The van der Waals surface area contributed by atoms with Gasteiger partial charge >= 0.3 is 0 Å². The van der Waals surface area contributed by atoms with E-state index in [1.54, 1.807) is 67.6 Å². The number of hydrogen-bond donors (Lipinski definition) is 1. The molecule has 0 radical (unpaired) electrons. The van der Waals surface area contributed by atoms with Gasteiger partial charge in [-0.2, -0.15) is 0 Å². The summed E-state index contributed by atoms with van der Waals surface area (Å²) in [4.78, 5) is 13.3. The topological polar surface area (TPSA) is 94.2 Å². The maximum absolute atomic E-state index is 14.0. The molecule has 0 aromatic heterocycles. The third-order valence-corrected chi connectivity index (χ3v) is 7.83. The number of anilines is 2. The molecule has 1 N–H and O–H groups in total. The summed E-state index contributed by atoms with van der Waals surface area (Å²) < 4.78 is 45.8. The van der Waals surface area contributed by atoms with E-state index in [1.807, 2.05) is 25.1 Å². The predicted molar refractivity (Wildman–Crippen MR) is 156 cm³/mol. The Morgan fingerprint density at radius 3 is 2.27 bits per heavy atom. The van der Waals surface area contributed by atoms with Crippen LogP contribution in [-0.2, 0) is 14.8 Å². The van der Waals surface area contributed by atoms with Gasteiger partial charge in [-0.3, -0.25) is 9.10 Å². The number of carbonyl (C=O) groups is 1. The smallest absolute Gasteiger partial charge is 0.268 e. The van der Waals surface area contributed by atoms with E-state index >= 15 is 0 Å². The largest absolute Gasteiger partial charge is 0.495 e. The Balaban J connectivity index is 1.69. The molecule has 10 heteroatoms. The summed E-state index contributed by atoms with van der Waals surface area (Å²) in [6, 6.07) is 25.2. The van der Waals surface area contributed by atoms with E-state index in [9.17, 15) is 13.2 Å². The number of halogens is 1. The van der Waals surface area contributed by atoms with Gasteiger partial charge in [0.25, 0.3) is 10.0 Å². The fraction of sp³-hybridized carbons (Fsp3) is 0.167. The van der Waals surface area contributed by atoms with Crippen LogP contribution in [0.3, 0.4) is 0 Å². The molecule has 0 unspecified atom stereocenters. The minimum atomic E-state index is -4.25. The van der Waals surface area contributed by atoms with Crippen molar-refractivity contribution >= 4 is 38.9 Å². The summed E-state index contributed by atoms with van der Waals surface area (Å²) in [5.74, 6) is 1.03. The molecule has 0 fully saturated rings. The quantitative estimate of drug-likeness (QED) is 0.213. The Hall–Kier alpha value is -4.21. The molecule has 0 atom stereocenters. The lowest BCUT2D eigenvalue weighted by atomic mass is 10.2. The summed E-state index contributed by atoms with van der Waals surface area (Å²) in [5.41, 5.74) is 1.28. The maximum atomic E-state index is 14.0. The molecule has 1 amide bonds. The highest BCUT2D eigenvalue weighted by Crippen LogP contribution is 2.34. The van der Waals surface area contributed by atoms with Crippen molar-refractivity contribution in [1.82, 2.24) is 0 Å². The Bertz CT molecular complexity index is 1580. The van der Waals surface area contributed by atoms with Crippen LogP contribution < -0.4 is 23.8 Å². The number of carbonyl (C=O) groups excluding carboxylic acids is 1. The van der Waals surface area contributed by atoms with Crippen molar-refractivity contribution in [1.29, 1.82) is 0 Å². The highest BCUT2D eigenvalue weighted by molar-refractivity contribution is 7.93. The van der Waals surface area contributed by atoms with Crippen LogP contribution in [0.2, 0.25) is 5.02 Å². The van der Waals surface area contributed by atoms with E-state index in [0.717, 1.165) is 9.87 Å². The SMILES string of the molecule is CCOc1ccc(N(CC(=O)Nc2cc(Cl)ccc2Oc2ccccc2)S(=O)(=O)c2cc(C)ccc2OC)cc1. The number of ether oxygens (including phenoxy) is 3. The van der Waals surface area contributed by atoms with Crippen molar-refractivity contribution in [3.05, 3.63) is 102 Å². The fourth-order valence-corrected chi connectivity index (χ4v) is 5.76. The summed E-state index contributed by atoms with van der Waals surface area (Å²) in [6.45, 7) is 3.55. The summed E-state index contributed by atoms with van der Waals surface area (Å²) >= 11 is 6.21. The van der Waals surface area contributed by atoms with Crippen molar-refractivity contribution in [2.75, 3.05) is 29.9 Å². The molecule has 0 aliphatic rings. The van der Waals surface area contributed by atoms with Gasteiger partial charge in [0.2, 0.25) is 5.91 Å². The van der Waals surface area contributed by atoms with Gasteiger partial charge < -0.3 is 19.5 Å². The first kappa shape index (κ1) is 28.8. The maximum Gasteiger partial charge on any atom is 0.268 e. The van der Waals surface area contributed by atoms with Crippen LogP contribution in [0.25, 0.3) is 0 Å². The third kappa shape index (κ3) is 6.86. The lowest BCUT2D eigenvalue weighted by Gasteiger charge is -2.25. The Labute approximate surface area is 239 Å². The third-order valence-electron chi connectivity index (χ3n) is 5.80. The fourth-order valence-electron chi connectivity index (χ4n) is 3.92. The average Bonchev–Trinajstić information content (AvgIpc) is 2.94. The van der Waals surface area contributed by atoms with Crippen LogP contribution in [0.1, 0.15) is 12.5 Å². The van der Waals surface area contributed by atoms with Gasteiger partial charge in [0.05, 0.1) is 25.1 Å². The molecule has 0 saturated heterocycles. The standard InChI is InChI=1S/C30H29ClN2O6S/c1-4-38-24-14-12-23(13-15-24)33(40(35,36)29-18-21(2)10-16-28(29)37-3)20-30(34)32-26-19-22(31)11-17-27(26)39-25-8-6-5-7-9-25/h5-19H,4,20H2,1-3H3,(H,32,34). The average molecular weight is 581 g/mol. The lowest BCUT2D eigenvalue weighted by molar-refractivity contribution is -0.114. The number of benzene rings is 4. The molecule has 40 heavy (non-hydrogen) atoms. The van der Waals surface area contributed by atoms with Crippen molar-refractivity contribution < 1.29 is 27.4 Å². The first-order chi connectivity index (χ1) is 19.2. The number of aryl methyl sites for hydroxylation is 1. The molecule has 4 aromatic rings. The molecule has 0 aliphatic heterocycles. The first-order valence-corrected chi connectivity index (χ1v) is 14.3. The summed E-state index contributed by atoms with van der Waals surface area (Å²) in [7, 11) is -2.86. The van der Waals surface area contributed by atoms with Gasteiger partial charge in [-0.15, -0.1) is 0 Å². The van der Waals surface area contributed by atoms with E-state index in [4.69, 9.17) is 25.8 Å². The Morgan fingerprint density at radius 1 is 0.900 bits per heavy atom. The molecule has 0 spiro atoms.